The van der Waals surface area contributed by atoms with Crippen molar-refractivity contribution >= 4 is 22.9 Å². The van der Waals surface area contributed by atoms with Gasteiger partial charge >= 0.3 is 0 Å². The van der Waals surface area contributed by atoms with Gasteiger partial charge in [-0.2, -0.15) is 0 Å². The lowest BCUT2D eigenvalue weighted by Crippen LogP contribution is -2.23. The van der Waals surface area contributed by atoms with Crippen molar-refractivity contribution in [2.75, 3.05) is 6.54 Å². The molecule has 0 aliphatic heterocycles. The lowest BCUT2D eigenvalue weighted by atomic mass is 10.0. The number of thiophene rings is 1. The van der Waals surface area contributed by atoms with E-state index in [9.17, 15) is 8.78 Å². The van der Waals surface area contributed by atoms with E-state index in [-0.39, 0.29) is 6.04 Å². The number of rotatable bonds is 5. The number of hydrogen-bond donors (Lipinski definition) is 1. The molecule has 1 aromatic carbocycles. The minimum Gasteiger partial charge on any atom is -0.310 e. The topological polar surface area (TPSA) is 12.0 Å². The normalized spacial score (nSPS) is 12.6. The molecular weight excluding hydrogens is 288 g/mol. The largest absolute Gasteiger partial charge is 0.310 e. The Kier molecular flexibility index (Phi) is 4.91. The Morgan fingerprint density at radius 1 is 1.26 bits per heavy atom. The average Bonchev–Trinajstić information content (AvgIpc) is 2.74. The van der Waals surface area contributed by atoms with Gasteiger partial charge in [-0.1, -0.05) is 24.6 Å². The summed E-state index contributed by atoms with van der Waals surface area (Å²) in [6.45, 7) is 2.66. The summed E-state index contributed by atoms with van der Waals surface area (Å²) in [6.07, 6.45) is 0.633. The van der Waals surface area contributed by atoms with Crippen molar-refractivity contribution < 1.29 is 8.78 Å². The van der Waals surface area contributed by atoms with E-state index in [1.54, 1.807) is 0 Å². The van der Waals surface area contributed by atoms with Gasteiger partial charge in [0.1, 0.15) is 11.6 Å². The van der Waals surface area contributed by atoms with Crippen LogP contribution in [-0.2, 0) is 6.42 Å². The predicted octanol–water partition coefficient (Wildman–Crippen LogP) is 4.57. The number of nitrogens with one attached hydrogen (secondary N) is 1. The Labute approximate surface area is 120 Å². The fourth-order valence-electron chi connectivity index (χ4n) is 1.99. The summed E-state index contributed by atoms with van der Waals surface area (Å²) in [5.41, 5.74) is 0.479. The number of hydrogen-bond acceptors (Lipinski definition) is 2. The third kappa shape index (κ3) is 3.75. The molecule has 1 heterocycles. The van der Waals surface area contributed by atoms with Gasteiger partial charge in [-0.15, -0.1) is 11.3 Å². The highest BCUT2D eigenvalue weighted by atomic mass is 35.5. The Morgan fingerprint density at radius 2 is 2.05 bits per heavy atom. The van der Waals surface area contributed by atoms with Gasteiger partial charge in [0.25, 0.3) is 0 Å². The molecule has 0 saturated heterocycles. The molecule has 5 heteroatoms. The van der Waals surface area contributed by atoms with E-state index < -0.39 is 11.6 Å². The van der Waals surface area contributed by atoms with Crippen molar-refractivity contribution in [1.82, 2.24) is 5.32 Å². The zero-order chi connectivity index (χ0) is 13.8. The highest BCUT2D eigenvalue weighted by Gasteiger charge is 2.16. The van der Waals surface area contributed by atoms with Gasteiger partial charge < -0.3 is 5.32 Å². The SMILES string of the molecule is CCNC(Cc1ccc(Cl)s1)c1ccc(F)cc1F. The highest BCUT2D eigenvalue weighted by Crippen LogP contribution is 2.27. The van der Waals surface area contributed by atoms with Crippen LogP contribution in [0, 0.1) is 11.6 Å². The second-order valence-electron chi connectivity index (χ2n) is 4.19. The molecule has 2 rings (SSSR count). The van der Waals surface area contributed by atoms with Crippen LogP contribution < -0.4 is 5.32 Å². The maximum Gasteiger partial charge on any atom is 0.130 e. The van der Waals surface area contributed by atoms with Gasteiger partial charge in [0.2, 0.25) is 0 Å². The van der Waals surface area contributed by atoms with Crippen LogP contribution in [0.5, 0.6) is 0 Å². The second-order valence-corrected chi connectivity index (χ2v) is 5.99. The van der Waals surface area contributed by atoms with Crippen LogP contribution in [0.3, 0.4) is 0 Å². The van der Waals surface area contributed by atoms with Crippen LogP contribution in [0.15, 0.2) is 30.3 Å². The molecule has 0 spiro atoms. The Bertz CT molecular complexity index is 556. The highest BCUT2D eigenvalue weighted by molar-refractivity contribution is 7.16. The standard InChI is InChI=1S/C14H14ClF2NS/c1-2-18-13(8-10-4-6-14(15)19-10)11-5-3-9(16)7-12(11)17/h3-7,13,18H,2,8H2,1H3. The van der Waals surface area contributed by atoms with Gasteiger partial charge in [-0.25, -0.2) is 8.78 Å². The number of likely N-dealkylation sites (N-methyl/N-ethyl adjacent to an activating group) is 1. The first kappa shape index (κ1) is 14.4. The van der Waals surface area contributed by atoms with Gasteiger partial charge in [-0.3, -0.25) is 0 Å². The molecule has 1 atom stereocenters. The van der Waals surface area contributed by atoms with Gasteiger partial charge in [0.15, 0.2) is 0 Å². The van der Waals surface area contributed by atoms with E-state index in [0.29, 0.717) is 22.9 Å². The van der Waals surface area contributed by atoms with E-state index in [1.807, 2.05) is 19.1 Å². The first-order chi connectivity index (χ1) is 9.10. The molecule has 1 nitrogen and oxygen atoms in total. The first-order valence-corrected chi connectivity index (χ1v) is 7.22. The Morgan fingerprint density at radius 3 is 2.63 bits per heavy atom. The second kappa shape index (κ2) is 6.46. The molecule has 0 radical (unpaired) electrons. The smallest absolute Gasteiger partial charge is 0.130 e. The predicted molar refractivity (Wildman–Crippen MR) is 75.8 cm³/mol. The number of halogens is 3. The third-order valence-corrected chi connectivity index (χ3v) is 4.08. The molecular formula is C14H14ClF2NS. The lowest BCUT2D eigenvalue weighted by Gasteiger charge is -2.18. The van der Waals surface area contributed by atoms with E-state index in [0.717, 1.165) is 10.9 Å². The molecule has 0 aliphatic carbocycles. The van der Waals surface area contributed by atoms with Crippen LogP contribution in [-0.4, -0.2) is 6.54 Å². The van der Waals surface area contributed by atoms with Gasteiger partial charge in [0, 0.05) is 29.0 Å². The molecule has 0 amide bonds. The van der Waals surface area contributed by atoms with Crippen LogP contribution in [0.25, 0.3) is 0 Å². The molecule has 19 heavy (non-hydrogen) atoms. The third-order valence-electron chi connectivity index (χ3n) is 2.82. The van der Waals surface area contributed by atoms with Crippen LogP contribution in [0.2, 0.25) is 4.34 Å². The quantitative estimate of drug-likeness (QED) is 0.853. The summed E-state index contributed by atoms with van der Waals surface area (Å²) >= 11 is 7.37. The summed E-state index contributed by atoms with van der Waals surface area (Å²) in [4.78, 5) is 1.07. The molecule has 1 N–H and O–H groups in total. The molecule has 0 fully saturated rings. The van der Waals surface area contributed by atoms with E-state index in [2.05, 4.69) is 5.32 Å². The molecule has 1 unspecified atom stereocenters. The van der Waals surface area contributed by atoms with Crippen LogP contribution in [0.1, 0.15) is 23.4 Å². The molecule has 0 bridgehead atoms. The minimum atomic E-state index is -0.560. The maximum absolute atomic E-state index is 13.8. The molecule has 2 aromatic rings. The van der Waals surface area contributed by atoms with Crippen molar-refractivity contribution in [3.63, 3.8) is 0 Å². The summed E-state index contributed by atoms with van der Waals surface area (Å²) in [6, 6.07) is 7.27. The maximum atomic E-state index is 13.8. The molecule has 0 aliphatic rings. The Balaban J connectivity index is 2.23. The van der Waals surface area contributed by atoms with Crippen molar-refractivity contribution in [3.8, 4) is 0 Å². The first-order valence-electron chi connectivity index (χ1n) is 6.02. The van der Waals surface area contributed by atoms with E-state index in [4.69, 9.17) is 11.6 Å². The number of benzene rings is 1. The zero-order valence-corrected chi connectivity index (χ0v) is 12.0. The molecule has 102 valence electrons. The monoisotopic (exact) mass is 301 g/mol. The summed E-state index contributed by atoms with van der Waals surface area (Å²) < 4.78 is 27.5. The summed E-state index contributed by atoms with van der Waals surface area (Å²) in [5.74, 6) is -1.08. The van der Waals surface area contributed by atoms with Crippen molar-refractivity contribution in [1.29, 1.82) is 0 Å². The molecule has 1 aromatic heterocycles. The fraction of sp³-hybridized carbons (Fsp3) is 0.286. The van der Waals surface area contributed by atoms with E-state index >= 15 is 0 Å². The fourth-order valence-corrected chi connectivity index (χ4v) is 3.12. The zero-order valence-electron chi connectivity index (χ0n) is 10.4. The molecule has 0 saturated carbocycles. The van der Waals surface area contributed by atoms with Crippen molar-refractivity contribution in [2.24, 2.45) is 0 Å². The van der Waals surface area contributed by atoms with Crippen LogP contribution in [0.4, 0.5) is 8.78 Å². The van der Waals surface area contributed by atoms with Gasteiger partial charge in [0.05, 0.1) is 4.34 Å². The summed E-state index contributed by atoms with van der Waals surface area (Å²) in [5, 5.41) is 3.22. The summed E-state index contributed by atoms with van der Waals surface area (Å²) in [7, 11) is 0. The van der Waals surface area contributed by atoms with Crippen LogP contribution >= 0.6 is 22.9 Å². The average molecular weight is 302 g/mol. The Hall–Kier alpha value is -0.970. The van der Waals surface area contributed by atoms with E-state index in [1.165, 1.54) is 23.5 Å². The van der Waals surface area contributed by atoms with Gasteiger partial charge in [-0.05, 0) is 24.7 Å². The van der Waals surface area contributed by atoms with Crippen molar-refractivity contribution in [3.05, 3.63) is 56.7 Å². The minimum absolute atomic E-state index is 0.180. The van der Waals surface area contributed by atoms with Crippen molar-refractivity contribution in [2.45, 2.75) is 19.4 Å². The lowest BCUT2D eigenvalue weighted by molar-refractivity contribution is 0.504.